The highest BCUT2D eigenvalue weighted by Gasteiger charge is 2.53. The second kappa shape index (κ2) is 42.3. The molecule has 2 N–H and O–H groups in total. The molecule has 0 aromatic carbocycles. The number of anilines is 9. The summed E-state index contributed by atoms with van der Waals surface area (Å²) in [4.78, 5) is 90.0. The first kappa shape index (κ1) is 106. The summed E-state index contributed by atoms with van der Waals surface area (Å²) >= 11 is 0. The van der Waals surface area contributed by atoms with Crippen LogP contribution in [0, 0.1) is 0 Å². The summed E-state index contributed by atoms with van der Waals surface area (Å²) in [5.41, 5.74) is -0.756. The molecule has 25 heteroatoms. The smallest absolute Gasteiger partial charge is 0.232 e. The normalized spacial score (nSPS) is 22.9. The minimum atomic E-state index is -0.0810. The van der Waals surface area contributed by atoms with Crippen LogP contribution in [0.1, 0.15) is 375 Å². The molecule has 6 aliphatic rings. The van der Waals surface area contributed by atoms with Crippen LogP contribution in [0.3, 0.4) is 0 Å². The highest BCUT2D eigenvalue weighted by atomic mass is 15.5. The maximum absolute atomic E-state index is 6.08. The molecule has 0 atom stereocenters. The van der Waals surface area contributed by atoms with Crippen LogP contribution in [-0.2, 0) is 0 Å². The van der Waals surface area contributed by atoms with E-state index >= 15 is 0 Å². The molecule has 25 nitrogen and oxygen atoms in total. The van der Waals surface area contributed by atoms with Gasteiger partial charge in [0.15, 0.2) is 0 Å². The second-order valence-corrected chi connectivity index (χ2v) is 48.2. The summed E-state index contributed by atoms with van der Waals surface area (Å²) in [6.07, 6.45) is 26.2. The van der Waals surface area contributed by atoms with Crippen molar-refractivity contribution in [1.82, 2.24) is 79.6 Å². The molecule has 6 saturated heterocycles. The standard InChI is InChI=1S/C102H195N25/c1-38-44-56-122(76-64-91(7,8)114(32)92(9,10)65-76)85-105-82(106-86(111-85)123(57-45-39-2)77-66-93(11,12)115(33)94(13,14)67-77)104-53-51-55-121(84-109-89(126(60-48-42-5)80-72-99(23,24)118(36)100(25,26)73-80)113-90(110-84)127(61-49-43-6)81-74-101(27,28)119(37)102(29,30)75-81)63-62-120(54-50-52-103-31)83-107-87(124(58-46-40-3)78-68-95(15,16)116(34)96(17,18)69-78)112-88(108-83)125(59-47-41-4)79-70-97(19,20)117(35)98(21,22)71-79/h76-81,103H,38-75H2,1-37H3,(H,104,105,106,111). The Morgan fingerprint density at radius 2 is 0.394 bits per heavy atom. The molecule has 127 heavy (non-hydrogen) atoms. The zero-order valence-corrected chi connectivity index (χ0v) is 89.1. The molecular formula is C102H195N25. The molecule has 6 fully saturated rings. The Hall–Kier alpha value is -5.05. The van der Waals surface area contributed by atoms with Gasteiger partial charge < -0.3 is 49.8 Å². The molecule has 3 aromatic rings. The van der Waals surface area contributed by atoms with E-state index in [2.05, 4.69) is 336 Å². The lowest BCUT2D eigenvalue weighted by molar-refractivity contribution is -0.0135. The first-order valence-corrected chi connectivity index (χ1v) is 51.2. The Kier molecular flexibility index (Phi) is 35.1. The Labute approximate surface area is 778 Å². The third-order valence-corrected chi connectivity index (χ3v) is 33.2. The van der Waals surface area contributed by atoms with Crippen LogP contribution in [0.25, 0.3) is 0 Å². The molecular weight excluding hydrogens is 1580 g/mol. The largest absolute Gasteiger partial charge is 0.354 e. The molecule has 0 amide bonds. The van der Waals surface area contributed by atoms with E-state index in [9.17, 15) is 0 Å². The summed E-state index contributed by atoms with van der Waals surface area (Å²) in [5, 5.41) is 7.62. The summed E-state index contributed by atoms with van der Waals surface area (Å²) in [6.45, 7) is 81.8. The van der Waals surface area contributed by atoms with Gasteiger partial charge in [-0.1, -0.05) is 80.1 Å². The SMILES string of the molecule is CCCCN(c1nc(NCCCN(CCN(CCCNC)c2nc(N(CCCC)C3CC(C)(C)N(C)C(C)(C)C3)nc(N(CCCC)C3CC(C)(C)N(C)C(C)(C)C3)n2)c2nc(N(CCCC)C3CC(C)(C)N(C)C(C)(C)C3)nc(N(CCCC)C3CC(C)(C)N(C)C(C)(C)C3)n2)nc(N(CCCC)C2CC(C)(C)N(C)C(C)(C)C2)n1)C1CC(C)(C)N(C)C(C)(C)C1. The monoisotopic (exact) mass is 1770 g/mol. The van der Waals surface area contributed by atoms with Gasteiger partial charge in [-0.25, -0.2) is 0 Å². The van der Waals surface area contributed by atoms with Crippen molar-refractivity contribution < 1.29 is 0 Å². The van der Waals surface area contributed by atoms with E-state index in [1.165, 1.54) is 0 Å². The predicted octanol–water partition coefficient (Wildman–Crippen LogP) is 19.2. The van der Waals surface area contributed by atoms with Gasteiger partial charge in [-0.05, 0) is 350 Å². The first-order chi connectivity index (χ1) is 59.0. The van der Waals surface area contributed by atoms with Crippen LogP contribution >= 0.6 is 0 Å². The van der Waals surface area contributed by atoms with E-state index in [-0.39, 0.29) is 103 Å². The van der Waals surface area contributed by atoms with Gasteiger partial charge in [0, 0.05) is 175 Å². The highest BCUT2D eigenvalue weighted by molar-refractivity contribution is 5.53. The molecule has 0 spiro atoms. The van der Waals surface area contributed by atoms with Crippen LogP contribution in [0.4, 0.5) is 53.5 Å². The molecule has 9 rings (SSSR count). The number of hydrogen-bond acceptors (Lipinski definition) is 25. The molecule has 9 heterocycles. The van der Waals surface area contributed by atoms with E-state index in [4.69, 9.17) is 44.9 Å². The molecule has 728 valence electrons. The zero-order chi connectivity index (χ0) is 94.4. The molecule has 0 bridgehead atoms. The fraction of sp³-hybridized carbons (Fsp3) is 0.912. The van der Waals surface area contributed by atoms with Crippen LogP contribution in [-0.4, -0.2) is 305 Å². The second-order valence-electron chi connectivity index (χ2n) is 48.2. The van der Waals surface area contributed by atoms with E-state index in [0.717, 1.165) is 267 Å². The summed E-state index contributed by atoms with van der Waals surface area (Å²) in [6, 6.07) is 1.22. The maximum Gasteiger partial charge on any atom is 0.232 e. The molecule has 6 aliphatic heterocycles. The van der Waals surface area contributed by atoms with Gasteiger partial charge >= 0.3 is 0 Å². The van der Waals surface area contributed by atoms with Gasteiger partial charge in [0.1, 0.15) is 0 Å². The van der Waals surface area contributed by atoms with Gasteiger partial charge in [0.25, 0.3) is 0 Å². The molecule has 0 saturated carbocycles. The number of nitrogens with zero attached hydrogens (tertiary/aromatic N) is 23. The molecule has 0 aliphatic carbocycles. The number of hydrogen-bond donors (Lipinski definition) is 2. The number of likely N-dealkylation sites (tertiary alicyclic amines) is 6. The van der Waals surface area contributed by atoms with Crippen LogP contribution in [0.5, 0.6) is 0 Å². The lowest BCUT2D eigenvalue weighted by atomic mass is 9.77. The summed E-state index contributed by atoms with van der Waals surface area (Å²) < 4.78 is 0. The summed E-state index contributed by atoms with van der Waals surface area (Å²) in [5.74, 6) is 6.88. The topological polar surface area (TPSA) is 185 Å². The average Bonchev–Trinajstić information content (AvgIpc) is 0.794. The van der Waals surface area contributed by atoms with Crippen molar-refractivity contribution in [3.05, 3.63) is 0 Å². The lowest BCUT2D eigenvalue weighted by Gasteiger charge is -2.56. The van der Waals surface area contributed by atoms with Crippen LogP contribution < -0.4 is 49.8 Å². The third kappa shape index (κ3) is 25.3. The maximum atomic E-state index is 6.08. The Balaban J connectivity index is 1.28. The summed E-state index contributed by atoms with van der Waals surface area (Å²) in [7, 11) is 16.1. The quantitative estimate of drug-likeness (QED) is 0.0509. The number of piperidine rings is 6. The van der Waals surface area contributed by atoms with Crippen molar-refractivity contribution in [3.8, 4) is 0 Å². The Bertz CT molecular complexity index is 3580. The van der Waals surface area contributed by atoms with Gasteiger partial charge in [-0.3, -0.25) is 29.4 Å². The van der Waals surface area contributed by atoms with Crippen molar-refractivity contribution in [1.29, 1.82) is 0 Å². The van der Waals surface area contributed by atoms with Gasteiger partial charge in [-0.15, -0.1) is 0 Å². The van der Waals surface area contributed by atoms with Crippen molar-refractivity contribution in [2.75, 3.05) is 172 Å². The third-order valence-electron chi connectivity index (χ3n) is 33.2. The van der Waals surface area contributed by atoms with E-state index in [1.54, 1.807) is 0 Å². The fourth-order valence-corrected chi connectivity index (χ4v) is 23.8. The Morgan fingerprint density at radius 1 is 0.228 bits per heavy atom. The van der Waals surface area contributed by atoms with Gasteiger partial charge in [0.2, 0.25) is 53.5 Å². The highest BCUT2D eigenvalue weighted by Crippen LogP contribution is 2.48. The van der Waals surface area contributed by atoms with Gasteiger partial charge in [-0.2, -0.15) is 44.9 Å². The minimum Gasteiger partial charge on any atom is -0.354 e. The van der Waals surface area contributed by atoms with Gasteiger partial charge in [0.05, 0.1) is 0 Å². The van der Waals surface area contributed by atoms with Crippen LogP contribution in [0.15, 0.2) is 0 Å². The number of unbranched alkanes of at least 4 members (excludes halogenated alkanes) is 6. The van der Waals surface area contributed by atoms with E-state index in [0.29, 0.717) is 32.1 Å². The molecule has 0 radical (unpaired) electrons. The van der Waals surface area contributed by atoms with Crippen molar-refractivity contribution in [2.24, 2.45) is 0 Å². The predicted molar refractivity (Wildman–Crippen MR) is 543 cm³/mol. The van der Waals surface area contributed by atoms with E-state index < -0.39 is 0 Å². The number of nitrogens with one attached hydrogen (secondary N) is 2. The zero-order valence-electron chi connectivity index (χ0n) is 89.1. The minimum absolute atomic E-state index is 0.0453. The first-order valence-electron chi connectivity index (χ1n) is 51.2. The molecule has 0 unspecified atom stereocenters. The van der Waals surface area contributed by atoms with E-state index in [1.807, 2.05) is 0 Å². The average molecular weight is 1770 g/mol. The fourth-order valence-electron chi connectivity index (χ4n) is 23.8. The Morgan fingerprint density at radius 3 is 0.567 bits per heavy atom. The van der Waals surface area contributed by atoms with Crippen molar-refractivity contribution in [2.45, 2.75) is 477 Å². The number of aromatic nitrogens is 9. The molecule has 3 aromatic heterocycles. The van der Waals surface area contributed by atoms with Crippen molar-refractivity contribution in [3.63, 3.8) is 0 Å². The van der Waals surface area contributed by atoms with Crippen LogP contribution in [0.2, 0.25) is 0 Å². The van der Waals surface area contributed by atoms with Crippen molar-refractivity contribution >= 4 is 53.5 Å². The number of rotatable bonds is 44. The lowest BCUT2D eigenvalue weighted by Crippen LogP contribution is -2.63.